The van der Waals surface area contributed by atoms with Gasteiger partial charge in [-0.05, 0) is 23.8 Å². The van der Waals surface area contributed by atoms with Gasteiger partial charge in [-0.15, -0.1) is 15.3 Å². The summed E-state index contributed by atoms with van der Waals surface area (Å²) in [5.74, 6) is -0.630. The minimum atomic E-state index is -4.60. The van der Waals surface area contributed by atoms with Gasteiger partial charge >= 0.3 is 6.18 Å². The van der Waals surface area contributed by atoms with E-state index < -0.39 is 12.0 Å². The fourth-order valence-electron chi connectivity index (χ4n) is 3.03. The van der Waals surface area contributed by atoms with E-state index in [-0.39, 0.29) is 5.65 Å². The highest BCUT2D eigenvalue weighted by Gasteiger charge is 2.37. The van der Waals surface area contributed by atoms with Crippen LogP contribution < -0.4 is 4.90 Å². The summed E-state index contributed by atoms with van der Waals surface area (Å²) in [7, 11) is 0. The van der Waals surface area contributed by atoms with Crippen LogP contribution in [0.1, 0.15) is 11.4 Å². The van der Waals surface area contributed by atoms with Crippen molar-refractivity contribution in [2.45, 2.75) is 12.7 Å². The summed E-state index contributed by atoms with van der Waals surface area (Å²) in [5.41, 5.74) is 1.18. The van der Waals surface area contributed by atoms with Crippen molar-refractivity contribution >= 4 is 27.4 Å². The predicted octanol–water partition coefficient (Wildman–Crippen LogP) is 2.62. The Balaban J connectivity index is 1.47. The molecule has 3 aromatic rings. The molecule has 27 heavy (non-hydrogen) atoms. The lowest BCUT2D eigenvalue weighted by molar-refractivity contribution is -0.146. The number of piperazine rings is 1. The van der Waals surface area contributed by atoms with Gasteiger partial charge in [-0.25, -0.2) is 0 Å². The van der Waals surface area contributed by atoms with Gasteiger partial charge in [0.2, 0.25) is 0 Å². The second-order valence-electron chi connectivity index (χ2n) is 6.21. The largest absolute Gasteiger partial charge is 0.453 e. The zero-order valence-corrected chi connectivity index (χ0v) is 15.7. The van der Waals surface area contributed by atoms with Crippen LogP contribution in [-0.4, -0.2) is 55.9 Å². The average molecular weight is 442 g/mol. The lowest BCUT2D eigenvalue weighted by atomic mass is 10.2. The van der Waals surface area contributed by atoms with E-state index in [9.17, 15) is 13.2 Å². The minimum Gasteiger partial charge on any atom is -0.353 e. The molecule has 0 unspecified atom stereocenters. The van der Waals surface area contributed by atoms with Gasteiger partial charge in [0.15, 0.2) is 5.65 Å². The summed E-state index contributed by atoms with van der Waals surface area (Å²) in [4.78, 5) is 8.38. The smallest absolute Gasteiger partial charge is 0.353 e. The van der Waals surface area contributed by atoms with Gasteiger partial charge in [0.1, 0.15) is 5.82 Å². The van der Waals surface area contributed by atoms with E-state index in [0.717, 1.165) is 34.2 Å². The van der Waals surface area contributed by atoms with Gasteiger partial charge in [0.05, 0.1) is 0 Å². The van der Waals surface area contributed by atoms with Crippen molar-refractivity contribution in [3.8, 4) is 0 Å². The Morgan fingerprint density at radius 3 is 2.52 bits per heavy atom. The number of halogens is 4. The first kappa shape index (κ1) is 18.1. The molecule has 0 radical (unpaired) electrons. The SMILES string of the molecule is FC(F)(F)c1nnc2ccc(N3CCN(Cc4cnccc4Br)CC3)nn12. The zero-order chi connectivity index (χ0) is 19.0. The van der Waals surface area contributed by atoms with Crippen LogP contribution in [-0.2, 0) is 12.7 Å². The molecule has 142 valence electrons. The van der Waals surface area contributed by atoms with Crippen molar-refractivity contribution < 1.29 is 13.2 Å². The lowest BCUT2D eigenvalue weighted by Crippen LogP contribution is -2.46. The molecule has 0 bridgehead atoms. The molecule has 0 N–H and O–H groups in total. The third-order valence-corrected chi connectivity index (χ3v) is 5.21. The second kappa shape index (κ2) is 7.04. The van der Waals surface area contributed by atoms with Gasteiger partial charge in [0, 0.05) is 49.6 Å². The summed E-state index contributed by atoms with van der Waals surface area (Å²) in [5, 5.41) is 10.9. The van der Waals surface area contributed by atoms with Crippen LogP contribution in [0, 0.1) is 0 Å². The Kier molecular flexibility index (Phi) is 4.72. The van der Waals surface area contributed by atoms with Crippen molar-refractivity contribution in [1.29, 1.82) is 0 Å². The Labute approximate surface area is 160 Å². The first-order valence-electron chi connectivity index (χ1n) is 8.27. The Morgan fingerprint density at radius 2 is 1.81 bits per heavy atom. The Bertz CT molecular complexity index is 951. The molecule has 1 aliphatic rings. The van der Waals surface area contributed by atoms with Crippen molar-refractivity contribution in [2.24, 2.45) is 0 Å². The maximum atomic E-state index is 13.0. The van der Waals surface area contributed by atoms with E-state index in [1.165, 1.54) is 6.07 Å². The number of anilines is 1. The van der Waals surface area contributed by atoms with E-state index in [2.05, 4.69) is 41.1 Å². The highest BCUT2D eigenvalue weighted by atomic mass is 79.9. The molecule has 0 saturated carbocycles. The summed E-state index contributed by atoms with van der Waals surface area (Å²) < 4.78 is 40.8. The number of fused-ring (bicyclic) bond motifs is 1. The molecule has 11 heteroatoms. The molecular formula is C16H15BrF3N7. The van der Waals surface area contributed by atoms with E-state index >= 15 is 0 Å². The van der Waals surface area contributed by atoms with Crippen LogP contribution in [0.4, 0.5) is 19.0 Å². The molecule has 0 atom stereocenters. The maximum absolute atomic E-state index is 13.0. The van der Waals surface area contributed by atoms with Crippen LogP contribution in [0.5, 0.6) is 0 Å². The number of rotatable bonds is 3. The summed E-state index contributed by atoms with van der Waals surface area (Å²) in [6.07, 6.45) is -1.04. The molecule has 4 heterocycles. The highest BCUT2D eigenvalue weighted by molar-refractivity contribution is 9.10. The molecule has 4 rings (SSSR count). The van der Waals surface area contributed by atoms with Crippen LogP contribution >= 0.6 is 15.9 Å². The maximum Gasteiger partial charge on any atom is 0.453 e. The molecular weight excluding hydrogens is 427 g/mol. The number of nitrogens with zero attached hydrogens (tertiary/aromatic N) is 7. The van der Waals surface area contributed by atoms with E-state index in [1.54, 1.807) is 12.3 Å². The van der Waals surface area contributed by atoms with Crippen molar-refractivity contribution in [3.63, 3.8) is 0 Å². The average Bonchev–Trinajstić information content (AvgIpc) is 3.08. The fourth-order valence-corrected chi connectivity index (χ4v) is 3.37. The quantitative estimate of drug-likeness (QED) is 0.622. The monoisotopic (exact) mass is 441 g/mol. The minimum absolute atomic E-state index is 0.0751. The van der Waals surface area contributed by atoms with Gasteiger partial charge in [-0.3, -0.25) is 9.88 Å². The first-order chi connectivity index (χ1) is 12.9. The molecule has 0 spiro atoms. The van der Waals surface area contributed by atoms with E-state index in [0.29, 0.717) is 18.9 Å². The summed E-state index contributed by atoms with van der Waals surface area (Å²) in [6.45, 7) is 3.64. The highest BCUT2D eigenvalue weighted by Crippen LogP contribution is 2.28. The molecule has 7 nitrogen and oxygen atoms in total. The summed E-state index contributed by atoms with van der Waals surface area (Å²) in [6, 6.07) is 5.09. The van der Waals surface area contributed by atoms with Crippen LogP contribution in [0.3, 0.4) is 0 Å². The fraction of sp³-hybridized carbons (Fsp3) is 0.375. The molecule has 1 fully saturated rings. The zero-order valence-electron chi connectivity index (χ0n) is 14.1. The predicted molar refractivity (Wildman–Crippen MR) is 95.2 cm³/mol. The second-order valence-corrected chi connectivity index (χ2v) is 7.07. The number of hydrogen-bond donors (Lipinski definition) is 0. The van der Waals surface area contributed by atoms with Gasteiger partial charge in [-0.2, -0.15) is 17.7 Å². The van der Waals surface area contributed by atoms with Gasteiger partial charge in [-0.1, -0.05) is 15.9 Å². The third kappa shape index (κ3) is 3.74. The number of pyridine rings is 1. The standard InChI is InChI=1S/C16H15BrF3N7/c17-12-3-4-21-9-11(12)10-25-5-7-26(8-6-25)14-2-1-13-22-23-15(16(18,19)20)27(13)24-14/h1-4,9H,5-8,10H2. The molecule has 0 aromatic carbocycles. The molecule has 0 aliphatic carbocycles. The number of hydrogen-bond acceptors (Lipinski definition) is 6. The van der Waals surface area contributed by atoms with Crippen molar-refractivity contribution in [1.82, 2.24) is 29.7 Å². The molecule has 1 saturated heterocycles. The normalized spacial score (nSPS) is 16.2. The number of aromatic nitrogens is 5. The Morgan fingerprint density at radius 1 is 1.04 bits per heavy atom. The van der Waals surface area contributed by atoms with Gasteiger partial charge < -0.3 is 4.90 Å². The topological polar surface area (TPSA) is 62.5 Å². The van der Waals surface area contributed by atoms with Crippen LogP contribution in [0.25, 0.3) is 5.65 Å². The van der Waals surface area contributed by atoms with Crippen molar-refractivity contribution in [3.05, 3.63) is 46.5 Å². The summed E-state index contributed by atoms with van der Waals surface area (Å²) >= 11 is 3.52. The van der Waals surface area contributed by atoms with Crippen LogP contribution in [0.15, 0.2) is 35.1 Å². The molecule has 3 aromatic heterocycles. The van der Waals surface area contributed by atoms with E-state index in [4.69, 9.17) is 0 Å². The van der Waals surface area contributed by atoms with Crippen LogP contribution in [0.2, 0.25) is 0 Å². The van der Waals surface area contributed by atoms with Crippen molar-refractivity contribution in [2.75, 3.05) is 31.1 Å². The molecule has 1 aliphatic heterocycles. The van der Waals surface area contributed by atoms with Gasteiger partial charge in [0.25, 0.3) is 5.82 Å². The lowest BCUT2D eigenvalue weighted by Gasteiger charge is -2.35. The Hall–Kier alpha value is -2.27. The third-order valence-electron chi connectivity index (χ3n) is 4.44. The molecule has 0 amide bonds. The van der Waals surface area contributed by atoms with E-state index in [1.807, 2.05) is 17.2 Å². The first-order valence-corrected chi connectivity index (χ1v) is 9.06. The number of alkyl halides is 3.